The lowest BCUT2D eigenvalue weighted by Gasteiger charge is -2.23. The summed E-state index contributed by atoms with van der Waals surface area (Å²) in [5, 5.41) is 0. The molecule has 0 aliphatic carbocycles. The Morgan fingerprint density at radius 1 is 1.33 bits per heavy atom. The number of nitrogens with zero attached hydrogens (tertiary/aromatic N) is 1. The van der Waals surface area contributed by atoms with Crippen molar-refractivity contribution in [2.45, 2.75) is 19.9 Å². The first kappa shape index (κ1) is 12.0. The van der Waals surface area contributed by atoms with Crippen LogP contribution >= 0.6 is 0 Å². The lowest BCUT2D eigenvalue weighted by Crippen LogP contribution is -2.47. The highest BCUT2D eigenvalue weighted by Gasteiger charge is 2.00. The maximum Gasteiger partial charge on any atom is 0.0985 e. The van der Waals surface area contributed by atoms with E-state index in [2.05, 4.69) is 10.5 Å². The van der Waals surface area contributed by atoms with Gasteiger partial charge in [-0.15, -0.1) is 5.69 Å². The zero-order valence-corrected chi connectivity index (χ0v) is 9.63. The van der Waals surface area contributed by atoms with Gasteiger partial charge in [0.25, 0.3) is 0 Å². The second kappa shape index (κ2) is 5.14. The van der Waals surface area contributed by atoms with E-state index < -0.39 is 10.0 Å². The van der Waals surface area contributed by atoms with Gasteiger partial charge in [-0.25, -0.2) is 8.42 Å². The third kappa shape index (κ3) is 3.53. The smallest absolute Gasteiger partial charge is 0.0985 e. The molecule has 5 heteroatoms. The van der Waals surface area contributed by atoms with E-state index in [-0.39, 0.29) is 5.75 Å². The predicted octanol–water partition coefficient (Wildman–Crippen LogP) is 1.17. The SMILES string of the molecule is CCCS(=O)(=O)[N-]c1ccccc1C[NH3+]. The van der Waals surface area contributed by atoms with Gasteiger partial charge in [0, 0.05) is 5.75 Å². The van der Waals surface area contributed by atoms with E-state index in [0.29, 0.717) is 18.7 Å². The van der Waals surface area contributed by atoms with E-state index in [0.717, 1.165) is 5.56 Å². The summed E-state index contributed by atoms with van der Waals surface area (Å²) in [6, 6.07) is 7.17. The van der Waals surface area contributed by atoms with Crippen molar-refractivity contribution in [1.82, 2.24) is 0 Å². The molecule has 1 aromatic carbocycles. The highest BCUT2D eigenvalue weighted by atomic mass is 32.2. The van der Waals surface area contributed by atoms with Crippen LogP contribution in [0.2, 0.25) is 0 Å². The Balaban J connectivity index is 2.89. The molecule has 0 heterocycles. The Hall–Kier alpha value is -1.07. The standard InChI is InChI=1S/C10H15N2O2S/c1-2-7-15(13,14)12-10-6-4-3-5-9(10)8-11/h3-6H,2,7-8,11H2,1H3/q-1/p+1. The number of benzene rings is 1. The Morgan fingerprint density at radius 3 is 2.60 bits per heavy atom. The topological polar surface area (TPSA) is 75.9 Å². The largest absolute Gasteiger partial charge is 0.576 e. The molecule has 84 valence electrons. The average molecular weight is 228 g/mol. The summed E-state index contributed by atoms with van der Waals surface area (Å²) in [5.74, 6) is 0.0957. The zero-order valence-electron chi connectivity index (χ0n) is 8.81. The molecule has 15 heavy (non-hydrogen) atoms. The normalized spacial score (nSPS) is 11.3. The second-order valence-corrected chi connectivity index (χ2v) is 5.01. The summed E-state index contributed by atoms with van der Waals surface area (Å²) in [6.07, 6.45) is 0.582. The molecule has 0 aromatic heterocycles. The number of hydrogen-bond donors (Lipinski definition) is 1. The van der Waals surface area contributed by atoms with Gasteiger partial charge in [-0.2, -0.15) is 0 Å². The van der Waals surface area contributed by atoms with Gasteiger partial charge in [0.2, 0.25) is 0 Å². The van der Waals surface area contributed by atoms with Crippen LogP contribution in [0.5, 0.6) is 0 Å². The first-order chi connectivity index (χ1) is 7.09. The summed E-state index contributed by atoms with van der Waals surface area (Å²) in [7, 11) is -3.32. The zero-order chi connectivity index (χ0) is 11.3. The number of hydrogen-bond acceptors (Lipinski definition) is 2. The molecule has 0 aliphatic heterocycles. The maximum atomic E-state index is 11.5. The van der Waals surface area contributed by atoms with Crippen LogP contribution in [-0.2, 0) is 16.6 Å². The Kier molecular flexibility index (Phi) is 4.11. The molecule has 0 fully saturated rings. The molecule has 0 unspecified atom stereocenters. The molecule has 4 nitrogen and oxygen atoms in total. The second-order valence-electron chi connectivity index (χ2n) is 3.26. The predicted molar refractivity (Wildman–Crippen MR) is 60.1 cm³/mol. The average Bonchev–Trinajstić information content (AvgIpc) is 2.17. The van der Waals surface area contributed by atoms with E-state index in [1.807, 2.05) is 19.1 Å². The van der Waals surface area contributed by atoms with E-state index in [1.165, 1.54) is 0 Å². The third-order valence-electron chi connectivity index (χ3n) is 1.96. The van der Waals surface area contributed by atoms with E-state index in [9.17, 15) is 8.42 Å². The van der Waals surface area contributed by atoms with Crippen molar-refractivity contribution in [2.75, 3.05) is 5.75 Å². The van der Waals surface area contributed by atoms with Gasteiger partial charge in [-0.3, -0.25) is 0 Å². The molecule has 1 rings (SSSR count). The van der Waals surface area contributed by atoms with Gasteiger partial charge < -0.3 is 10.5 Å². The molecule has 3 N–H and O–H groups in total. The summed E-state index contributed by atoms with van der Waals surface area (Å²) in [5.41, 5.74) is 5.11. The summed E-state index contributed by atoms with van der Waals surface area (Å²) >= 11 is 0. The number of sulfonamides is 1. The third-order valence-corrected chi connectivity index (χ3v) is 3.36. The highest BCUT2D eigenvalue weighted by Crippen LogP contribution is 2.26. The van der Waals surface area contributed by atoms with Gasteiger partial charge in [-0.05, 0) is 12.0 Å². The Morgan fingerprint density at radius 2 is 2.00 bits per heavy atom. The molecule has 0 saturated heterocycles. The molecule has 0 radical (unpaired) electrons. The minimum Gasteiger partial charge on any atom is -0.576 e. The molecule has 0 bridgehead atoms. The van der Waals surface area contributed by atoms with Crippen LogP contribution in [0.15, 0.2) is 24.3 Å². The quantitative estimate of drug-likeness (QED) is 0.821. The molecule has 0 saturated carbocycles. The van der Waals surface area contributed by atoms with Crippen LogP contribution in [0.3, 0.4) is 0 Å². The van der Waals surface area contributed by atoms with Gasteiger partial charge in [0.05, 0.1) is 16.6 Å². The minimum atomic E-state index is -3.32. The Labute approximate surface area is 90.5 Å². The molecular weight excluding hydrogens is 212 g/mol. The first-order valence-electron chi connectivity index (χ1n) is 4.92. The van der Waals surface area contributed by atoms with Gasteiger partial charge in [-0.1, -0.05) is 31.2 Å². The highest BCUT2D eigenvalue weighted by molar-refractivity contribution is 7.94. The molecule has 0 amide bonds. The van der Waals surface area contributed by atoms with E-state index in [4.69, 9.17) is 0 Å². The fourth-order valence-corrected chi connectivity index (χ4v) is 2.35. The molecule has 0 atom stereocenters. The summed E-state index contributed by atoms with van der Waals surface area (Å²) in [4.78, 5) is 0. The summed E-state index contributed by atoms with van der Waals surface area (Å²) in [6.45, 7) is 2.36. The van der Waals surface area contributed by atoms with Crippen molar-refractivity contribution in [3.8, 4) is 0 Å². The van der Waals surface area contributed by atoms with Crippen LogP contribution in [0.25, 0.3) is 4.72 Å². The first-order valence-corrected chi connectivity index (χ1v) is 6.53. The van der Waals surface area contributed by atoms with Crippen LogP contribution in [-0.4, -0.2) is 14.2 Å². The number of rotatable bonds is 5. The van der Waals surface area contributed by atoms with Crippen LogP contribution in [0, 0.1) is 0 Å². The van der Waals surface area contributed by atoms with Crippen molar-refractivity contribution in [1.29, 1.82) is 0 Å². The van der Waals surface area contributed by atoms with Gasteiger partial charge >= 0.3 is 0 Å². The van der Waals surface area contributed by atoms with Gasteiger partial charge in [0.15, 0.2) is 0 Å². The summed E-state index contributed by atoms with van der Waals surface area (Å²) < 4.78 is 26.7. The lowest BCUT2D eigenvalue weighted by molar-refractivity contribution is -0.386. The molecule has 1 aromatic rings. The van der Waals surface area contributed by atoms with Gasteiger partial charge in [0.1, 0.15) is 0 Å². The van der Waals surface area contributed by atoms with Crippen LogP contribution in [0.1, 0.15) is 18.9 Å². The lowest BCUT2D eigenvalue weighted by atomic mass is 10.2. The molecular formula is C10H16N2O2S. The van der Waals surface area contributed by atoms with Crippen molar-refractivity contribution in [3.63, 3.8) is 0 Å². The maximum absolute atomic E-state index is 11.5. The van der Waals surface area contributed by atoms with E-state index >= 15 is 0 Å². The van der Waals surface area contributed by atoms with Crippen LogP contribution < -0.4 is 5.73 Å². The fraction of sp³-hybridized carbons (Fsp3) is 0.400. The fourth-order valence-electron chi connectivity index (χ4n) is 1.26. The Bertz CT molecular complexity index is 415. The van der Waals surface area contributed by atoms with Crippen molar-refractivity contribution >= 4 is 15.7 Å². The van der Waals surface area contributed by atoms with Crippen LogP contribution in [0.4, 0.5) is 5.69 Å². The van der Waals surface area contributed by atoms with Crippen molar-refractivity contribution < 1.29 is 14.2 Å². The molecule has 0 spiro atoms. The van der Waals surface area contributed by atoms with E-state index in [1.54, 1.807) is 12.1 Å². The van der Waals surface area contributed by atoms with Crippen molar-refractivity contribution in [2.24, 2.45) is 0 Å². The van der Waals surface area contributed by atoms with Crippen molar-refractivity contribution in [3.05, 3.63) is 34.6 Å². The minimum absolute atomic E-state index is 0.0957. The molecule has 0 aliphatic rings. The number of quaternary nitrogens is 1. The monoisotopic (exact) mass is 228 g/mol.